The average molecular weight is 264 g/mol. The number of nitrogens with two attached hydrogens (primary N) is 1. The SMILES string of the molecule is NC1(CC(=O)N2CCC3(CCCC3)CC2)CCCC1. The normalized spacial score (nSPS) is 29.0. The van der Waals surface area contributed by atoms with Gasteiger partial charge in [-0.2, -0.15) is 0 Å². The molecule has 2 aliphatic carbocycles. The fourth-order valence-corrected chi connectivity index (χ4v) is 4.52. The molecule has 108 valence electrons. The Morgan fingerprint density at radius 1 is 0.895 bits per heavy atom. The van der Waals surface area contributed by atoms with E-state index < -0.39 is 0 Å². The number of carbonyl (C=O) groups excluding carboxylic acids is 1. The number of rotatable bonds is 2. The molecule has 3 nitrogen and oxygen atoms in total. The molecule has 2 saturated carbocycles. The highest BCUT2D eigenvalue weighted by Crippen LogP contribution is 2.46. The number of hydrogen-bond acceptors (Lipinski definition) is 2. The van der Waals surface area contributed by atoms with E-state index in [2.05, 4.69) is 4.90 Å². The molecule has 0 aromatic rings. The summed E-state index contributed by atoms with van der Waals surface area (Å²) >= 11 is 0. The predicted molar refractivity (Wildman–Crippen MR) is 76.7 cm³/mol. The molecular weight excluding hydrogens is 236 g/mol. The Morgan fingerprint density at radius 2 is 1.42 bits per heavy atom. The first-order chi connectivity index (χ1) is 9.11. The second-order valence-electron chi connectivity index (χ2n) is 7.33. The standard InChI is InChI=1S/C16H28N2O/c17-16(7-3-4-8-16)13-14(19)18-11-9-15(10-12-18)5-1-2-6-15/h1-13,17H2. The lowest BCUT2D eigenvalue weighted by atomic mass is 9.77. The van der Waals surface area contributed by atoms with Gasteiger partial charge in [-0.1, -0.05) is 25.7 Å². The molecule has 3 heteroatoms. The van der Waals surface area contributed by atoms with Gasteiger partial charge in [-0.25, -0.2) is 0 Å². The van der Waals surface area contributed by atoms with Crippen LogP contribution in [0.25, 0.3) is 0 Å². The molecule has 19 heavy (non-hydrogen) atoms. The zero-order chi connectivity index (χ0) is 13.3. The highest BCUT2D eigenvalue weighted by atomic mass is 16.2. The van der Waals surface area contributed by atoms with Crippen molar-refractivity contribution < 1.29 is 4.79 Å². The summed E-state index contributed by atoms with van der Waals surface area (Å²) in [5.41, 5.74) is 6.76. The Hall–Kier alpha value is -0.570. The molecule has 0 aromatic carbocycles. The second-order valence-corrected chi connectivity index (χ2v) is 7.33. The minimum atomic E-state index is -0.181. The summed E-state index contributed by atoms with van der Waals surface area (Å²) in [5, 5.41) is 0. The molecule has 3 aliphatic rings. The Labute approximate surface area is 116 Å². The third-order valence-electron chi connectivity index (χ3n) is 5.94. The minimum absolute atomic E-state index is 0.181. The fourth-order valence-electron chi connectivity index (χ4n) is 4.52. The lowest BCUT2D eigenvalue weighted by Gasteiger charge is -2.40. The van der Waals surface area contributed by atoms with E-state index in [0.717, 1.165) is 25.9 Å². The maximum absolute atomic E-state index is 12.4. The van der Waals surface area contributed by atoms with Crippen LogP contribution in [0.5, 0.6) is 0 Å². The maximum atomic E-state index is 12.4. The van der Waals surface area contributed by atoms with Crippen LogP contribution in [0.1, 0.15) is 70.6 Å². The first kappa shape index (κ1) is 13.4. The number of piperidine rings is 1. The molecule has 1 saturated heterocycles. The lowest BCUT2D eigenvalue weighted by Crippen LogP contribution is -2.47. The molecule has 0 aromatic heterocycles. The smallest absolute Gasteiger partial charge is 0.224 e. The fraction of sp³-hybridized carbons (Fsp3) is 0.938. The molecule has 1 amide bonds. The van der Waals surface area contributed by atoms with Crippen LogP contribution < -0.4 is 5.73 Å². The van der Waals surface area contributed by atoms with E-state index in [1.165, 1.54) is 51.4 Å². The van der Waals surface area contributed by atoms with Gasteiger partial charge in [-0.3, -0.25) is 4.79 Å². The summed E-state index contributed by atoms with van der Waals surface area (Å²) in [6, 6.07) is 0. The monoisotopic (exact) mass is 264 g/mol. The van der Waals surface area contributed by atoms with Crippen LogP contribution in [0.3, 0.4) is 0 Å². The van der Waals surface area contributed by atoms with E-state index in [-0.39, 0.29) is 5.54 Å². The Kier molecular flexibility index (Phi) is 3.59. The van der Waals surface area contributed by atoms with Crippen molar-refractivity contribution in [2.24, 2.45) is 11.1 Å². The van der Waals surface area contributed by atoms with Crippen LogP contribution in [0.4, 0.5) is 0 Å². The van der Waals surface area contributed by atoms with Crippen LogP contribution in [-0.4, -0.2) is 29.4 Å². The summed E-state index contributed by atoms with van der Waals surface area (Å²) in [7, 11) is 0. The largest absolute Gasteiger partial charge is 0.343 e. The van der Waals surface area contributed by atoms with Crippen molar-refractivity contribution in [1.82, 2.24) is 4.90 Å². The van der Waals surface area contributed by atoms with Crippen molar-refractivity contribution in [3.8, 4) is 0 Å². The molecule has 0 unspecified atom stereocenters. The van der Waals surface area contributed by atoms with E-state index in [0.29, 0.717) is 17.7 Å². The van der Waals surface area contributed by atoms with Gasteiger partial charge in [-0.05, 0) is 43.9 Å². The highest BCUT2D eigenvalue weighted by Gasteiger charge is 2.39. The van der Waals surface area contributed by atoms with Gasteiger partial charge in [0.05, 0.1) is 0 Å². The lowest BCUT2D eigenvalue weighted by molar-refractivity contribution is -0.134. The van der Waals surface area contributed by atoms with Crippen LogP contribution >= 0.6 is 0 Å². The van der Waals surface area contributed by atoms with Crippen molar-refractivity contribution in [3.05, 3.63) is 0 Å². The summed E-state index contributed by atoms with van der Waals surface area (Å²) in [4.78, 5) is 14.5. The molecule has 2 N–H and O–H groups in total. The zero-order valence-corrected chi connectivity index (χ0v) is 12.1. The van der Waals surface area contributed by atoms with Crippen LogP contribution in [-0.2, 0) is 4.79 Å². The molecule has 1 heterocycles. The molecular formula is C16H28N2O. The van der Waals surface area contributed by atoms with Crippen molar-refractivity contribution in [2.45, 2.75) is 76.2 Å². The first-order valence-electron chi connectivity index (χ1n) is 8.18. The number of likely N-dealkylation sites (tertiary alicyclic amines) is 1. The van der Waals surface area contributed by atoms with Crippen molar-refractivity contribution >= 4 is 5.91 Å². The van der Waals surface area contributed by atoms with Crippen LogP contribution in [0.15, 0.2) is 0 Å². The van der Waals surface area contributed by atoms with Crippen molar-refractivity contribution in [1.29, 1.82) is 0 Å². The minimum Gasteiger partial charge on any atom is -0.343 e. The number of amides is 1. The van der Waals surface area contributed by atoms with Crippen LogP contribution in [0, 0.1) is 5.41 Å². The molecule has 3 rings (SSSR count). The molecule has 3 fully saturated rings. The molecule has 0 bridgehead atoms. The Balaban J connectivity index is 1.52. The first-order valence-corrected chi connectivity index (χ1v) is 8.18. The van der Waals surface area contributed by atoms with Crippen molar-refractivity contribution in [2.75, 3.05) is 13.1 Å². The summed E-state index contributed by atoms with van der Waals surface area (Å²) in [5.74, 6) is 0.317. The molecule has 0 radical (unpaired) electrons. The average Bonchev–Trinajstić information content (AvgIpc) is 3.00. The van der Waals surface area contributed by atoms with Gasteiger partial charge in [0.25, 0.3) is 0 Å². The number of hydrogen-bond donors (Lipinski definition) is 1. The van der Waals surface area contributed by atoms with Gasteiger partial charge in [0.15, 0.2) is 0 Å². The predicted octanol–water partition coefficient (Wildman–Crippen LogP) is 2.83. The van der Waals surface area contributed by atoms with E-state index >= 15 is 0 Å². The third-order valence-corrected chi connectivity index (χ3v) is 5.94. The van der Waals surface area contributed by atoms with E-state index in [1.54, 1.807) is 0 Å². The second kappa shape index (κ2) is 5.08. The number of carbonyl (C=O) groups is 1. The topological polar surface area (TPSA) is 46.3 Å². The third kappa shape index (κ3) is 2.81. The van der Waals surface area contributed by atoms with Gasteiger partial charge >= 0.3 is 0 Å². The summed E-state index contributed by atoms with van der Waals surface area (Å²) < 4.78 is 0. The van der Waals surface area contributed by atoms with E-state index in [4.69, 9.17) is 5.73 Å². The van der Waals surface area contributed by atoms with Gasteiger partial charge in [0, 0.05) is 25.0 Å². The molecule has 1 spiro atoms. The summed E-state index contributed by atoms with van der Waals surface area (Å²) in [6.45, 7) is 1.96. The maximum Gasteiger partial charge on any atom is 0.224 e. The van der Waals surface area contributed by atoms with Gasteiger partial charge in [0.1, 0.15) is 0 Å². The number of nitrogens with zero attached hydrogens (tertiary/aromatic N) is 1. The van der Waals surface area contributed by atoms with E-state index in [9.17, 15) is 4.79 Å². The Bertz CT molecular complexity index is 331. The Morgan fingerprint density at radius 3 is 2.00 bits per heavy atom. The summed E-state index contributed by atoms with van der Waals surface area (Å²) in [6.07, 6.45) is 13.1. The van der Waals surface area contributed by atoms with E-state index in [1.807, 2.05) is 0 Å². The van der Waals surface area contributed by atoms with Crippen LogP contribution in [0.2, 0.25) is 0 Å². The molecule has 1 aliphatic heterocycles. The van der Waals surface area contributed by atoms with Gasteiger partial charge in [0.2, 0.25) is 5.91 Å². The highest BCUT2D eigenvalue weighted by molar-refractivity contribution is 5.77. The molecule has 0 atom stereocenters. The van der Waals surface area contributed by atoms with Gasteiger partial charge < -0.3 is 10.6 Å². The van der Waals surface area contributed by atoms with Gasteiger partial charge in [-0.15, -0.1) is 0 Å². The van der Waals surface area contributed by atoms with Crippen molar-refractivity contribution in [3.63, 3.8) is 0 Å². The quantitative estimate of drug-likeness (QED) is 0.833. The zero-order valence-electron chi connectivity index (χ0n) is 12.1.